The van der Waals surface area contributed by atoms with Crippen molar-refractivity contribution >= 4 is 29.0 Å². The fourth-order valence-electron chi connectivity index (χ4n) is 2.75. The van der Waals surface area contributed by atoms with Gasteiger partial charge in [-0.15, -0.1) is 0 Å². The van der Waals surface area contributed by atoms with Gasteiger partial charge in [0.25, 0.3) is 0 Å². The summed E-state index contributed by atoms with van der Waals surface area (Å²) in [5, 5.41) is 0. The fourth-order valence-corrected chi connectivity index (χ4v) is 2.84. The molecule has 0 bridgehead atoms. The van der Waals surface area contributed by atoms with Crippen molar-refractivity contribution < 1.29 is 9.59 Å². The predicted octanol–water partition coefficient (Wildman–Crippen LogP) is 0.982. The van der Waals surface area contributed by atoms with Gasteiger partial charge in [-0.05, 0) is 12.8 Å². The average molecular weight is 240 g/mol. The Balaban J connectivity index is 2.07. The van der Waals surface area contributed by atoms with Gasteiger partial charge in [-0.25, -0.2) is 0 Å². The van der Waals surface area contributed by atoms with Crippen molar-refractivity contribution in [3.05, 3.63) is 0 Å². The van der Waals surface area contributed by atoms with Crippen LogP contribution in [-0.2, 0) is 9.59 Å². The van der Waals surface area contributed by atoms with Gasteiger partial charge in [0.1, 0.15) is 0 Å². The minimum absolute atomic E-state index is 0.00579. The van der Waals surface area contributed by atoms with E-state index in [4.69, 9.17) is 18.0 Å². The van der Waals surface area contributed by atoms with Crippen LogP contribution >= 0.6 is 12.2 Å². The second-order valence-electron chi connectivity index (χ2n) is 4.73. The SMILES string of the molecule is NC(=S)CCN1C(=O)CC2(CCCC2)C1=O. The highest BCUT2D eigenvalue weighted by molar-refractivity contribution is 7.80. The third kappa shape index (κ3) is 1.84. The van der Waals surface area contributed by atoms with E-state index in [1.165, 1.54) is 4.90 Å². The predicted molar refractivity (Wildman–Crippen MR) is 63.6 cm³/mol. The third-order valence-electron chi connectivity index (χ3n) is 3.63. The summed E-state index contributed by atoms with van der Waals surface area (Å²) in [7, 11) is 0. The summed E-state index contributed by atoms with van der Waals surface area (Å²) < 4.78 is 0. The molecule has 0 atom stereocenters. The molecular weight excluding hydrogens is 224 g/mol. The van der Waals surface area contributed by atoms with E-state index in [0.717, 1.165) is 25.7 Å². The van der Waals surface area contributed by atoms with Crippen molar-refractivity contribution in [1.29, 1.82) is 0 Å². The summed E-state index contributed by atoms with van der Waals surface area (Å²) in [6.45, 7) is 0.356. The topological polar surface area (TPSA) is 63.4 Å². The maximum Gasteiger partial charge on any atom is 0.235 e. The zero-order valence-electron chi connectivity index (χ0n) is 9.20. The van der Waals surface area contributed by atoms with Crippen LogP contribution in [0.1, 0.15) is 38.5 Å². The molecule has 88 valence electrons. The van der Waals surface area contributed by atoms with Gasteiger partial charge in [0, 0.05) is 19.4 Å². The first-order valence-corrected chi connectivity index (χ1v) is 6.09. The Kier molecular flexibility index (Phi) is 2.97. The van der Waals surface area contributed by atoms with E-state index in [-0.39, 0.29) is 17.2 Å². The molecule has 16 heavy (non-hydrogen) atoms. The van der Waals surface area contributed by atoms with Crippen LogP contribution in [0.5, 0.6) is 0 Å². The van der Waals surface area contributed by atoms with Crippen molar-refractivity contribution in [2.45, 2.75) is 38.5 Å². The highest BCUT2D eigenvalue weighted by Crippen LogP contribution is 2.46. The molecule has 5 heteroatoms. The van der Waals surface area contributed by atoms with E-state index in [1.807, 2.05) is 0 Å². The molecule has 2 amide bonds. The monoisotopic (exact) mass is 240 g/mol. The van der Waals surface area contributed by atoms with Crippen molar-refractivity contribution in [2.24, 2.45) is 11.1 Å². The summed E-state index contributed by atoms with van der Waals surface area (Å²) in [6.07, 6.45) is 4.67. The lowest BCUT2D eigenvalue weighted by Crippen LogP contribution is -2.36. The Hall–Kier alpha value is -0.970. The number of rotatable bonds is 3. The van der Waals surface area contributed by atoms with Crippen LogP contribution in [0.2, 0.25) is 0 Å². The molecular formula is C11H16N2O2S. The number of carbonyl (C=O) groups excluding carboxylic acids is 2. The van der Waals surface area contributed by atoms with Crippen molar-refractivity contribution in [3.8, 4) is 0 Å². The van der Waals surface area contributed by atoms with Crippen LogP contribution in [0.4, 0.5) is 0 Å². The number of thiocarbonyl (C=S) groups is 1. The Morgan fingerprint density at radius 1 is 1.38 bits per heavy atom. The van der Waals surface area contributed by atoms with Crippen LogP contribution in [0, 0.1) is 5.41 Å². The van der Waals surface area contributed by atoms with Gasteiger partial charge in [-0.1, -0.05) is 25.1 Å². The van der Waals surface area contributed by atoms with Crippen molar-refractivity contribution in [3.63, 3.8) is 0 Å². The molecule has 2 N–H and O–H groups in total. The first-order chi connectivity index (χ1) is 7.55. The molecule has 1 aliphatic carbocycles. The maximum absolute atomic E-state index is 12.2. The Morgan fingerprint density at radius 2 is 2.00 bits per heavy atom. The van der Waals surface area contributed by atoms with Crippen LogP contribution < -0.4 is 5.73 Å². The van der Waals surface area contributed by atoms with Crippen molar-refractivity contribution in [1.82, 2.24) is 4.90 Å². The zero-order valence-corrected chi connectivity index (χ0v) is 10.0. The van der Waals surface area contributed by atoms with Crippen molar-refractivity contribution in [2.75, 3.05) is 6.54 Å². The molecule has 2 rings (SSSR count). The number of amides is 2. The average Bonchev–Trinajstić information content (AvgIpc) is 2.74. The summed E-state index contributed by atoms with van der Waals surface area (Å²) in [5.74, 6) is -0.0469. The van der Waals surface area contributed by atoms with Gasteiger partial charge >= 0.3 is 0 Å². The van der Waals surface area contributed by atoms with Gasteiger partial charge < -0.3 is 5.73 Å². The highest BCUT2D eigenvalue weighted by Gasteiger charge is 2.52. The number of likely N-dealkylation sites (tertiary alicyclic amines) is 1. The van der Waals surface area contributed by atoms with E-state index >= 15 is 0 Å². The van der Waals surface area contributed by atoms with E-state index < -0.39 is 0 Å². The summed E-state index contributed by atoms with van der Waals surface area (Å²) in [6, 6.07) is 0. The molecule has 2 fully saturated rings. The quantitative estimate of drug-likeness (QED) is 0.590. The second-order valence-corrected chi connectivity index (χ2v) is 5.26. The first kappa shape index (κ1) is 11.5. The lowest BCUT2D eigenvalue weighted by molar-refractivity contribution is -0.141. The van der Waals surface area contributed by atoms with Gasteiger partial charge in [0.05, 0.1) is 10.4 Å². The van der Waals surface area contributed by atoms with Crippen LogP contribution in [0.25, 0.3) is 0 Å². The molecule has 0 unspecified atom stereocenters. The number of nitrogens with zero attached hydrogens (tertiary/aromatic N) is 1. The molecule has 2 aliphatic rings. The maximum atomic E-state index is 12.2. The Morgan fingerprint density at radius 3 is 2.56 bits per heavy atom. The number of nitrogens with two attached hydrogens (primary N) is 1. The normalized spacial score (nSPS) is 23.4. The molecule has 1 aliphatic heterocycles. The van der Waals surface area contributed by atoms with Crippen LogP contribution in [0.15, 0.2) is 0 Å². The minimum atomic E-state index is -0.368. The second kappa shape index (κ2) is 4.13. The van der Waals surface area contributed by atoms with E-state index in [2.05, 4.69) is 0 Å². The van der Waals surface area contributed by atoms with E-state index in [1.54, 1.807) is 0 Å². The summed E-state index contributed by atoms with van der Waals surface area (Å²) in [5.41, 5.74) is 5.02. The molecule has 1 heterocycles. The lowest BCUT2D eigenvalue weighted by Gasteiger charge is -2.20. The minimum Gasteiger partial charge on any atom is -0.393 e. The van der Waals surface area contributed by atoms with Gasteiger partial charge in [-0.3, -0.25) is 14.5 Å². The fraction of sp³-hybridized carbons (Fsp3) is 0.727. The van der Waals surface area contributed by atoms with Gasteiger partial charge in [0.15, 0.2) is 0 Å². The smallest absolute Gasteiger partial charge is 0.235 e. The van der Waals surface area contributed by atoms with E-state index in [0.29, 0.717) is 24.4 Å². The lowest BCUT2D eigenvalue weighted by atomic mass is 9.84. The first-order valence-electron chi connectivity index (χ1n) is 5.68. The van der Waals surface area contributed by atoms with Crippen LogP contribution in [-0.4, -0.2) is 28.2 Å². The Bertz CT molecular complexity index is 348. The zero-order chi connectivity index (χ0) is 11.8. The number of carbonyl (C=O) groups is 2. The third-order valence-corrected chi connectivity index (χ3v) is 3.84. The molecule has 4 nitrogen and oxygen atoms in total. The molecule has 1 spiro atoms. The number of hydrogen-bond acceptors (Lipinski definition) is 3. The standard InChI is InChI=1S/C11H16N2O2S/c12-8(16)3-6-13-9(14)7-11(10(13)15)4-1-2-5-11/h1-7H2,(H2,12,16). The van der Waals surface area contributed by atoms with E-state index in [9.17, 15) is 9.59 Å². The van der Waals surface area contributed by atoms with Crippen LogP contribution in [0.3, 0.4) is 0 Å². The molecule has 0 aromatic carbocycles. The summed E-state index contributed by atoms with van der Waals surface area (Å²) in [4.78, 5) is 25.7. The largest absolute Gasteiger partial charge is 0.393 e. The molecule has 0 radical (unpaired) electrons. The molecule has 0 aromatic heterocycles. The van der Waals surface area contributed by atoms with Gasteiger partial charge in [0.2, 0.25) is 11.8 Å². The van der Waals surface area contributed by atoms with Gasteiger partial charge in [-0.2, -0.15) is 0 Å². The highest BCUT2D eigenvalue weighted by atomic mass is 32.1. The summed E-state index contributed by atoms with van der Waals surface area (Å²) >= 11 is 4.76. The molecule has 0 aromatic rings. The Labute approximate surface area is 100 Å². The number of hydrogen-bond donors (Lipinski definition) is 1. The molecule has 1 saturated carbocycles. The number of imide groups is 1. The molecule has 1 saturated heterocycles.